The zero-order chi connectivity index (χ0) is 15.3. The summed E-state index contributed by atoms with van der Waals surface area (Å²) in [5.74, 6) is -0.632. The highest BCUT2D eigenvalue weighted by Crippen LogP contribution is 2.19. The lowest BCUT2D eigenvalue weighted by atomic mass is 10.1. The van der Waals surface area contributed by atoms with Crippen LogP contribution in [0.2, 0.25) is 0 Å². The zero-order valence-corrected chi connectivity index (χ0v) is 14.8. The van der Waals surface area contributed by atoms with Crippen molar-refractivity contribution in [1.82, 2.24) is 4.90 Å². The van der Waals surface area contributed by atoms with Crippen molar-refractivity contribution in [3.8, 4) is 0 Å². The van der Waals surface area contributed by atoms with Gasteiger partial charge < -0.3 is 16.0 Å². The Morgan fingerprint density at radius 1 is 1.43 bits per heavy atom. The highest BCUT2D eigenvalue weighted by molar-refractivity contribution is 9.10. The Bertz CT molecular complexity index is 511. The lowest BCUT2D eigenvalue weighted by Gasteiger charge is -2.20. The summed E-state index contributed by atoms with van der Waals surface area (Å²) in [7, 11) is 1.60. The predicted molar refractivity (Wildman–Crippen MR) is 90.6 cm³/mol. The number of carbonyl (C=O) groups is 2. The van der Waals surface area contributed by atoms with Gasteiger partial charge in [0.25, 0.3) is 0 Å². The molecule has 0 saturated heterocycles. The molecule has 0 heterocycles. The molecular formula is C14H21BrClN3O2. The van der Waals surface area contributed by atoms with Crippen molar-refractivity contribution >= 4 is 45.8 Å². The van der Waals surface area contributed by atoms with Crippen LogP contribution in [0.25, 0.3) is 0 Å². The van der Waals surface area contributed by atoms with Crippen LogP contribution >= 0.6 is 28.3 Å². The molecule has 0 saturated carbocycles. The van der Waals surface area contributed by atoms with Gasteiger partial charge in [0.15, 0.2) is 0 Å². The van der Waals surface area contributed by atoms with E-state index in [2.05, 4.69) is 21.2 Å². The molecule has 2 amide bonds. The maximum absolute atomic E-state index is 11.9. The second-order valence-electron chi connectivity index (χ2n) is 4.84. The minimum Gasteiger partial charge on any atom is -0.336 e. The van der Waals surface area contributed by atoms with Gasteiger partial charge in [0, 0.05) is 29.7 Å². The first kappa shape index (κ1) is 19.9. The van der Waals surface area contributed by atoms with Gasteiger partial charge in [-0.15, -0.1) is 12.4 Å². The number of carbonyl (C=O) groups excluding carboxylic acids is 2. The Hall–Kier alpha value is -1.11. The van der Waals surface area contributed by atoms with E-state index in [1.165, 1.54) is 4.90 Å². The van der Waals surface area contributed by atoms with Crippen molar-refractivity contribution in [3.63, 3.8) is 0 Å². The van der Waals surface area contributed by atoms with Crippen LogP contribution in [0.3, 0.4) is 0 Å². The van der Waals surface area contributed by atoms with E-state index in [0.717, 1.165) is 15.7 Å². The normalized spacial score (nSPS) is 11.3. The number of anilines is 1. The molecule has 0 aliphatic rings. The van der Waals surface area contributed by atoms with E-state index in [0.29, 0.717) is 0 Å². The van der Waals surface area contributed by atoms with Crippen LogP contribution in [0.4, 0.5) is 5.69 Å². The summed E-state index contributed by atoms with van der Waals surface area (Å²) >= 11 is 3.37. The molecule has 0 aliphatic carbocycles. The van der Waals surface area contributed by atoms with Crippen molar-refractivity contribution in [2.75, 3.05) is 25.5 Å². The third-order valence-corrected chi connectivity index (χ3v) is 3.49. The fraction of sp³-hybridized carbons (Fsp3) is 0.429. The van der Waals surface area contributed by atoms with E-state index in [1.807, 2.05) is 25.1 Å². The first-order valence-corrected chi connectivity index (χ1v) is 7.15. The van der Waals surface area contributed by atoms with Gasteiger partial charge in [0.1, 0.15) is 0 Å². The molecule has 0 aromatic heterocycles. The van der Waals surface area contributed by atoms with Crippen LogP contribution in [0.15, 0.2) is 22.7 Å². The molecule has 1 rings (SSSR count). The minimum atomic E-state index is -0.276. The van der Waals surface area contributed by atoms with Gasteiger partial charge >= 0.3 is 0 Å². The van der Waals surface area contributed by atoms with E-state index >= 15 is 0 Å². The highest BCUT2D eigenvalue weighted by atomic mass is 79.9. The number of rotatable bonds is 5. The summed E-state index contributed by atoms with van der Waals surface area (Å²) in [6, 6.07) is 5.59. The van der Waals surface area contributed by atoms with Gasteiger partial charge in [-0.2, -0.15) is 0 Å². The van der Waals surface area contributed by atoms with E-state index in [4.69, 9.17) is 5.73 Å². The van der Waals surface area contributed by atoms with Gasteiger partial charge in [0.2, 0.25) is 11.8 Å². The van der Waals surface area contributed by atoms with Gasteiger partial charge in [0.05, 0.1) is 6.54 Å². The van der Waals surface area contributed by atoms with Gasteiger partial charge in [-0.3, -0.25) is 9.59 Å². The van der Waals surface area contributed by atoms with E-state index in [9.17, 15) is 9.59 Å². The minimum absolute atomic E-state index is 0. The van der Waals surface area contributed by atoms with Crippen LogP contribution in [-0.2, 0) is 9.59 Å². The average Bonchev–Trinajstić information content (AvgIpc) is 2.40. The van der Waals surface area contributed by atoms with Gasteiger partial charge in [-0.25, -0.2) is 0 Å². The monoisotopic (exact) mass is 377 g/mol. The molecule has 0 bridgehead atoms. The SMILES string of the molecule is Cc1cc(Br)ccc1NC(=O)CN(C)C(=O)C(C)CN.Cl. The summed E-state index contributed by atoms with van der Waals surface area (Å²) in [4.78, 5) is 25.2. The van der Waals surface area contributed by atoms with Crippen molar-refractivity contribution in [1.29, 1.82) is 0 Å². The molecule has 0 spiro atoms. The van der Waals surface area contributed by atoms with Crippen LogP contribution < -0.4 is 11.1 Å². The summed E-state index contributed by atoms with van der Waals surface area (Å²) in [6.45, 7) is 3.94. The van der Waals surface area contributed by atoms with Gasteiger partial charge in [-0.05, 0) is 30.7 Å². The first-order chi connectivity index (χ1) is 9.35. The quantitative estimate of drug-likeness (QED) is 0.824. The standard InChI is InChI=1S/C14H20BrN3O2.ClH/c1-9-6-11(15)4-5-12(9)17-13(19)8-18(3)14(20)10(2)7-16;/h4-6,10H,7-8,16H2,1-3H3,(H,17,19);1H. The number of hydrogen-bond acceptors (Lipinski definition) is 3. The Kier molecular flexibility index (Phi) is 8.54. The van der Waals surface area contributed by atoms with E-state index < -0.39 is 0 Å². The molecular weight excluding hydrogens is 358 g/mol. The molecule has 1 atom stereocenters. The van der Waals surface area contributed by atoms with Crippen LogP contribution in [-0.4, -0.2) is 36.9 Å². The largest absolute Gasteiger partial charge is 0.336 e. The fourth-order valence-electron chi connectivity index (χ4n) is 1.73. The van der Waals surface area contributed by atoms with Crippen LogP contribution in [0.5, 0.6) is 0 Å². The van der Waals surface area contributed by atoms with Crippen LogP contribution in [0.1, 0.15) is 12.5 Å². The molecule has 118 valence electrons. The third kappa shape index (κ3) is 6.03. The molecule has 0 fully saturated rings. The Labute approximate surface area is 139 Å². The topological polar surface area (TPSA) is 75.4 Å². The Balaban J connectivity index is 0.00000400. The number of hydrogen-bond donors (Lipinski definition) is 2. The average molecular weight is 379 g/mol. The molecule has 0 aliphatic heterocycles. The maximum Gasteiger partial charge on any atom is 0.243 e. The third-order valence-electron chi connectivity index (χ3n) is 2.99. The number of aryl methyl sites for hydroxylation is 1. The highest BCUT2D eigenvalue weighted by Gasteiger charge is 2.18. The van der Waals surface area contributed by atoms with Gasteiger partial charge in [-0.1, -0.05) is 22.9 Å². The predicted octanol–water partition coefficient (Wildman–Crippen LogP) is 2.17. The second-order valence-corrected chi connectivity index (χ2v) is 5.75. The molecule has 3 N–H and O–H groups in total. The van der Waals surface area contributed by atoms with Crippen molar-refractivity contribution in [2.45, 2.75) is 13.8 Å². The molecule has 1 aromatic rings. The number of nitrogens with one attached hydrogen (secondary N) is 1. The second kappa shape index (κ2) is 9.02. The summed E-state index contributed by atoms with van der Waals surface area (Å²) in [6.07, 6.45) is 0. The van der Waals surface area contributed by atoms with Crippen LogP contribution in [0, 0.1) is 12.8 Å². The Morgan fingerprint density at radius 2 is 2.05 bits per heavy atom. The Morgan fingerprint density at radius 3 is 2.57 bits per heavy atom. The summed E-state index contributed by atoms with van der Waals surface area (Å²) in [5.41, 5.74) is 7.14. The summed E-state index contributed by atoms with van der Waals surface area (Å²) < 4.78 is 0.956. The first-order valence-electron chi connectivity index (χ1n) is 6.36. The van der Waals surface area contributed by atoms with Crippen molar-refractivity contribution in [2.24, 2.45) is 11.7 Å². The lowest BCUT2D eigenvalue weighted by molar-refractivity contribution is -0.136. The maximum atomic E-state index is 11.9. The number of likely N-dealkylation sites (N-methyl/N-ethyl adjacent to an activating group) is 1. The number of nitrogens with zero attached hydrogens (tertiary/aromatic N) is 1. The molecule has 1 aromatic carbocycles. The van der Waals surface area contributed by atoms with E-state index in [1.54, 1.807) is 14.0 Å². The van der Waals surface area contributed by atoms with Crippen molar-refractivity contribution in [3.05, 3.63) is 28.2 Å². The number of benzene rings is 1. The molecule has 0 radical (unpaired) electrons. The molecule has 5 nitrogen and oxygen atoms in total. The smallest absolute Gasteiger partial charge is 0.243 e. The zero-order valence-electron chi connectivity index (χ0n) is 12.4. The molecule has 7 heteroatoms. The molecule has 1 unspecified atom stereocenters. The number of amides is 2. The molecule has 21 heavy (non-hydrogen) atoms. The summed E-state index contributed by atoms with van der Waals surface area (Å²) in [5, 5.41) is 2.80. The fourth-order valence-corrected chi connectivity index (χ4v) is 2.20. The number of halogens is 2. The number of nitrogens with two attached hydrogens (primary N) is 1. The lowest BCUT2D eigenvalue weighted by Crippen LogP contribution is -2.39. The van der Waals surface area contributed by atoms with Crippen molar-refractivity contribution < 1.29 is 9.59 Å². The van der Waals surface area contributed by atoms with E-state index in [-0.39, 0.29) is 43.2 Å².